The number of thiol groups is 1. The SMILES string of the molecule is O=c1cc(S)[nH]c(=O)n1-c1ccc([N+](=O)[O-])c2nonc12. The summed E-state index contributed by atoms with van der Waals surface area (Å²) in [4.78, 5) is 36.4. The largest absolute Gasteiger partial charge is 0.333 e. The van der Waals surface area contributed by atoms with Gasteiger partial charge in [0.2, 0.25) is 5.52 Å². The molecule has 1 aromatic carbocycles. The number of nitrogens with one attached hydrogen (secondary N) is 1. The van der Waals surface area contributed by atoms with Crippen molar-refractivity contribution in [2.45, 2.75) is 5.03 Å². The first-order valence-electron chi connectivity index (χ1n) is 5.44. The van der Waals surface area contributed by atoms with E-state index in [-0.39, 0.29) is 27.4 Å². The van der Waals surface area contributed by atoms with Gasteiger partial charge in [-0.25, -0.2) is 14.0 Å². The molecule has 0 fully saturated rings. The summed E-state index contributed by atoms with van der Waals surface area (Å²) >= 11 is 3.88. The Kier molecular flexibility index (Phi) is 2.83. The van der Waals surface area contributed by atoms with E-state index in [0.717, 1.165) is 16.7 Å². The minimum Gasteiger partial charge on any atom is -0.302 e. The lowest BCUT2D eigenvalue weighted by atomic mass is 10.2. The Hall–Kier alpha value is -2.95. The molecule has 0 bridgehead atoms. The average molecular weight is 307 g/mol. The fourth-order valence-electron chi connectivity index (χ4n) is 1.88. The highest BCUT2D eigenvalue weighted by atomic mass is 32.1. The molecule has 10 nitrogen and oxygen atoms in total. The summed E-state index contributed by atoms with van der Waals surface area (Å²) < 4.78 is 5.23. The summed E-state index contributed by atoms with van der Waals surface area (Å²) in [7, 11) is 0. The van der Waals surface area contributed by atoms with E-state index >= 15 is 0 Å². The minimum absolute atomic E-state index is 0.0245. The number of nitro benzene ring substituents is 1. The smallest absolute Gasteiger partial charge is 0.302 e. The Labute approximate surface area is 119 Å². The molecule has 3 aromatic rings. The van der Waals surface area contributed by atoms with Crippen LogP contribution in [0.4, 0.5) is 5.69 Å². The van der Waals surface area contributed by atoms with Gasteiger partial charge in [0.25, 0.3) is 5.56 Å². The fraction of sp³-hybridized carbons (Fsp3) is 0. The summed E-state index contributed by atoms with van der Waals surface area (Å²) in [5.41, 5.74) is -1.96. The van der Waals surface area contributed by atoms with Gasteiger partial charge in [-0.2, -0.15) is 0 Å². The van der Waals surface area contributed by atoms with Crippen LogP contribution >= 0.6 is 12.6 Å². The summed E-state index contributed by atoms with van der Waals surface area (Å²) in [6.45, 7) is 0. The molecule has 0 saturated heterocycles. The molecule has 106 valence electrons. The van der Waals surface area contributed by atoms with Crippen LogP contribution in [-0.4, -0.2) is 24.8 Å². The van der Waals surface area contributed by atoms with Crippen molar-refractivity contribution in [1.82, 2.24) is 19.9 Å². The number of hydrogen-bond acceptors (Lipinski definition) is 8. The van der Waals surface area contributed by atoms with Crippen LogP contribution in [0.25, 0.3) is 16.7 Å². The summed E-state index contributed by atoms with van der Waals surface area (Å²) in [6, 6.07) is 3.42. The molecular formula is C10H5N5O5S. The summed E-state index contributed by atoms with van der Waals surface area (Å²) in [5.74, 6) is 0. The van der Waals surface area contributed by atoms with Gasteiger partial charge in [-0.1, -0.05) is 0 Å². The lowest BCUT2D eigenvalue weighted by Gasteiger charge is -2.04. The number of nitro groups is 1. The highest BCUT2D eigenvalue weighted by Crippen LogP contribution is 2.26. The van der Waals surface area contributed by atoms with E-state index in [4.69, 9.17) is 0 Å². The van der Waals surface area contributed by atoms with Crippen molar-refractivity contribution >= 4 is 29.3 Å². The van der Waals surface area contributed by atoms with Gasteiger partial charge in [0.05, 0.1) is 15.6 Å². The van der Waals surface area contributed by atoms with Crippen LogP contribution in [0.5, 0.6) is 0 Å². The van der Waals surface area contributed by atoms with Crippen molar-refractivity contribution in [2.24, 2.45) is 0 Å². The molecule has 0 amide bonds. The van der Waals surface area contributed by atoms with Crippen molar-refractivity contribution < 1.29 is 9.55 Å². The lowest BCUT2D eigenvalue weighted by Crippen LogP contribution is -2.33. The molecule has 21 heavy (non-hydrogen) atoms. The van der Waals surface area contributed by atoms with Gasteiger partial charge < -0.3 is 4.98 Å². The Balaban J connectivity index is 2.41. The molecule has 0 unspecified atom stereocenters. The first-order chi connectivity index (χ1) is 9.99. The van der Waals surface area contributed by atoms with Gasteiger partial charge in [-0.3, -0.25) is 14.9 Å². The predicted molar refractivity (Wildman–Crippen MR) is 71.9 cm³/mol. The van der Waals surface area contributed by atoms with Crippen LogP contribution in [-0.2, 0) is 0 Å². The molecule has 2 heterocycles. The number of aromatic nitrogens is 4. The lowest BCUT2D eigenvalue weighted by molar-refractivity contribution is -0.383. The zero-order chi connectivity index (χ0) is 15.1. The summed E-state index contributed by atoms with van der Waals surface area (Å²) in [5, 5.41) is 17.9. The molecule has 0 radical (unpaired) electrons. The molecule has 11 heteroatoms. The second-order valence-electron chi connectivity index (χ2n) is 3.96. The van der Waals surface area contributed by atoms with Crippen LogP contribution in [0.2, 0.25) is 0 Å². The van der Waals surface area contributed by atoms with Crippen LogP contribution in [0.3, 0.4) is 0 Å². The van der Waals surface area contributed by atoms with Gasteiger partial charge in [0.15, 0.2) is 5.52 Å². The fourth-order valence-corrected chi connectivity index (χ4v) is 2.09. The molecule has 0 spiro atoms. The van der Waals surface area contributed by atoms with Crippen molar-refractivity contribution in [3.63, 3.8) is 0 Å². The molecule has 1 N–H and O–H groups in total. The van der Waals surface area contributed by atoms with Crippen LogP contribution < -0.4 is 11.2 Å². The first-order valence-corrected chi connectivity index (χ1v) is 5.89. The Morgan fingerprint density at radius 3 is 2.67 bits per heavy atom. The Morgan fingerprint density at radius 1 is 1.29 bits per heavy atom. The van der Waals surface area contributed by atoms with Crippen LogP contribution in [0, 0.1) is 10.1 Å². The molecule has 0 saturated carbocycles. The standard InChI is InChI=1S/C10H5N5O5S/c16-7-3-6(21)11-10(17)14(7)4-1-2-5(15(18)19)9-8(4)12-20-13-9/h1-3,21H,(H,11,17). The molecule has 2 aromatic heterocycles. The van der Waals surface area contributed by atoms with E-state index in [9.17, 15) is 19.7 Å². The molecule has 0 aliphatic carbocycles. The number of benzene rings is 1. The van der Waals surface area contributed by atoms with Crippen molar-refractivity contribution in [3.8, 4) is 5.69 Å². The Bertz CT molecular complexity index is 956. The molecule has 0 atom stereocenters. The highest BCUT2D eigenvalue weighted by Gasteiger charge is 2.21. The van der Waals surface area contributed by atoms with E-state index in [0.29, 0.717) is 0 Å². The Morgan fingerprint density at radius 2 is 2.00 bits per heavy atom. The first kappa shape index (κ1) is 13.1. The van der Waals surface area contributed by atoms with E-state index in [1.807, 2.05) is 0 Å². The maximum atomic E-state index is 11.9. The van der Waals surface area contributed by atoms with Gasteiger partial charge in [0.1, 0.15) is 0 Å². The monoisotopic (exact) mass is 307 g/mol. The molecule has 3 rings (SSSR count). The minimum atomic E-state index is -0.759. The molecule has 0 aliphatic rings. The number of H-pyrrole nitrogens is 1. The number of aromatic amines is 1. The van der Waals surface area contributed by atoms with E-state index in [1.54, 1.807) is 0 Å². The van der Waals surface area contributed by atoms with Crippen molar-refractivity contribution in [3.05, 3.63) is 49.2 Å². The van der Waals surface area contributed by atoms with Crippen molar-refractivity contribution in [1.29, 1.82) is 0 Å². The number of fused-ring (bicyclic) bond motifs is 1. The van der Waals surface area contributed by atoms with E-state index in [1.165, 1.54) is 6.07 Å². The van der Waals surface area contributed by atoms with Gasteiger partial charge in [0, 0.05) is 12.1 Å². The normalized spacial score (nSPS) is 10.9. The zero-order valence-electron chi connectivity index (χ0n) is 10.0. The topological polar surface area (TPSA) is 137 Å². The maximum absolute atomic E-state index is 11.9. The predicted octanol–water partition coefficient (Wildman–Crippen LogP) is 0.259. The van der Waals surface area contributed by atoms with Gasteiger partial charge >= 0.3 is 11.4 Å². The number of rotatable bonds is 2. The molecular weight excluding hydrogens is 302 g/mol. The van der Waals surface area contributed by atoms with Crippen LogP contribution in [0.1, 0.15) is 0 Å². The second kappa shape index (κ2) is 4.56. The van der Waals surface area contributed by atoms with Crippen molar-refractivity contribution in [2.75, 3.05) is 0 Å². The van der Waals surface area contributed by atoms with E-state index < -0.39 is 16.2 Å². The summed E-state index contributed by atoms with van der Waals surface area (Å²) in [6.07, 6.45) is 0. The van der Waals surface area contributed by atoms with Crippen LogP contribution in [0.15, 0.2) is 37.4 Å². The number of non-ortho nitro benzene ring substituents is 1. The third kappa shape index (κ3) is 1.99. The quantitative estimate of drug-likeness (QED) is 0.300. The average Bonchev–Trinajstić information content (AvgIpc) is 2.86. The third-order valence-corrected chi connectivity index (χ3v) is 2.97. The van der Waals surface area contributed by atoms with Gasteiger partial charge in [-0.15, -0.1) is 12.6 Å². The molecule has 0 aliphatic heterocycles. The number of nitrogens with zero attached hydrogens (tertiary/aromatic N) is 4. The zero-order valence-corrected chi connectivity index (χ0v) is 10.9. The second-order valence-corrected chi connectivity index (χ2v) is 4.44. The number of hydrogen-bond donors (Lipinski definition) is 2. The van der Waals surface area contributed by atoms with Gasteiger partial charge in [-0.05, 0) is 16.4 Å². The third-order valence-electron chi connectivity index (χ3n) is 2.73. The maximum Gasteiger partial charge on any atom is 0.333 e. The van der Waals surface area contributed by atoms with E-state index in [2.05, 4.69) is 32.6 Å². The highest BCUT2D eigenvalue weighted by molar-refractivity contribution is 7.80.